The van der Waals surface area contributed by atoms with Gasteiger partial charge < -0.3 is 14.8 Å². The van der Waals surface area contributed by atoms with E-state index >= 15 is 0 Å². The molecule has 0 bridgehead atoms. The fourth-order valence-electron chi connectivity index (χ4n) is 4.13. The monoisotopic (exact) mass is 495 g/mol. The largest absolute Gasteiger partial charge is 0.462 e. The first-order valence-corrected chi connectivity index (χ1v) is 12.3. The van der Waals surface area contributed by atoms with Gasteiger partial charge in [-0.2, -0.15) is 0 Å². The Morgan fingerprint density at radius 2 is 1.80 bits per heavy atom. The van der Waals surface area contributed by atoms with E-state index in [0.717, 1.165) is 35.8 Å². The van der Waals surface area contributed by atoms with Gasteiger partial charge in [0.2, 0.25) is 6.10 Å². The number of carbonyl (C=O) groups is 3. The third-order valence-electron chi connectivity index (χ3n) is 5.89. The molecular weight excluding hydrogens is 469 g/mol. The second-order valence-electron chi connectivity index (χ2n) is 8.44. The summed E-state index contributed by atoms with van der Waals surface area (Å²) in [6.45, 7) is 4.09. The van der Waals surface area contributed by atoms with E-state index in [1.165, 1.54) is 29.5 Å². The topological polar surface area (TPSA) is 81.7 Å². The third-order valence-corrected chi connectivity index (χ3v) is 7.06. The second-order valence-corrected chi connectivity index (χ2v) is 9.55. The zero-order valence-corrected chi connectivity index (χ0v) is 20.3. The number of ether oxygens (including phenoxy) is 2. The van der Waals surface area contributed by atoms with Gasteiger partial charge in [-0.15, -0.1) is 11.3 Å². The van der Waals surface area contributed by atoms with Crippen molar-refractivity contribution < 1.29 is 28.2 Å². The number of fused-ring (bicyclic) bond motifs is 1. The van der Waals surface area contributed by atoms with Crippen LogP contribution in [0, 0.1) is 11.7 Å². The van der Waals surface area contributed by atoms with Crippen molar-refractivity contribution in [1.82, 2.24) is 0 Å². The first kappa shape index (κ1) is 24.6. The predicted molar refractivity (Wildman–Crippen MR) is 131 cm³/mol. The molecule has 0 saturated heterocycles. The molecule has 4 rings (SSSR count). The van der Waals surface area contributed by atoms with E-state index in [4.69, 9.17) is 9.47 Å². The van der Waals surface area contributed by atoms with E-state index < -0.39 is 29.8 Å². The molecule has 0 spiro atoms. The fourth-order valence-corrected chi connectivity index (χ4v) is 5.54. The maximum atomic E-state index is 14.2. The Morgan fingerprint density at radius 3 is 2.51 bits per heavy atom. The van der Waals surface area contributed by atoms with Crippen molar-refractivity contribution in [2.45, 2.75) is 39.2 Å². The molecule has 1 aliphatic carbocycles. The van der Waals surface area contributed by atoms with Crippen molar-refractivity contribution in [1.29, 1.82) is 0 Å². The van der Waals surface area contributed by atoms with E-state index in [9.17, 15) is 18.8 Å². The van der Waals surface area contributed by atoms with E-state index in [1.807, 2.05) is 0 Å². The van der Waals surface area contributed by atoms with E-state index in [1.54, 1.807) is 37.3 Å². The molecule has 0 aliphatic heterocycles. The van der Waals surface area contributed by atoms with Crippen LogP contribution in [0.15, 0.2) is 54.6 Å². The average molecular weight is 496 g/mol. The van der Waals surface area contributed by atoms with Gasteiger partial charge in [0.1, 0.15) is 10.8 Å². The number of rotatable bonds is 7. The average Bonchev–Trinajstić information content (AvgIpc) is 3.20. The number of nitrogens with one attached hydrogen (secondary N) is 1. The Kier molecular flexibility index (Phi) is 7.60. The van der Waals surface area contributed by atoms with Gasteiger partial charge in [-0.25, -0.2) is 14.0 Å². The molecule has 1 heterocycles. The molecule has 1 aliphatic rings. The fraction of sp³-hybridized carbons (Fsp3) is 0.296. The SMILES string of the molecule is CCOC(=O)c1c(NC(=O)[C@H](OC(=O)c2ccccc2F)c2ccccc2)sc2c1CC[C@H](C)C2. The Morgan fingerprint density at radius 1 is 1.09 bits per heavy atom. The van der Waals surface area contributed by atoms with Crippen molar-refractivity contribution >= 4 is 34.2 Å². The Bertz CT molecular complexity index is 1240. The minimum absolute atomic E-state index is 0.208. The number of hydrogen-bond donors (Lipinski definition) is 1. The van der Waals surface area contributed by atoms with Gasteiger partial charge in [-0.05, 0) is 49.8 Å². The summed E-state index contributed by atoms with van der Waals surface area (Å²) in [5, 5.41) is 3.17. The molecule has 0 radical (unpaired) electrons. The van der Waals surface area contributed by atoms with Crippen LogP contribution in [0.5, 0.6) is 0 Å². The van der Waals surface area contributed by atoms with Gasteiger partial charge in [-0.3, -0.25) is 4.79 Å². The highest BCUT2D eigenvalue weighted by molar-refractivity contribution is 7.17. The van der Waals surface area contributed by atoms with Crippen molar-refractivity contribution in [2.24, 2.45) is 5.92 Å². The quantitative estimate of drug-likeness (QED) is 0.424. The Balaban J connectivity index is 1.66. The summed E-state index contributed by atoms with van der Waals surface area (Å²) in [5.74, 6) is -2.36. The van der Waals surface area contributed by atoms with Crippen LogP contribution in [0.2, 0.25) is 0 Å². The number of anilines is 1. The second kappa shape index (κ2) is 10.8. The summed E-state index contributed by atoms with van der Waals surface area (Å²) in [6, 6.07) is 13.9. The lowest BCUT2D eigenvalue weighted by Gasteiger charge is -2.19. The highest BCUT2D eigenvalue weighted by atomic mass is 32.1. The molecule has 8 heteroatoms. The number of thiophene rings is 1. The lowest BCUT2D eigenvalue weighted by atomic mass is 9.88. The van der Waals surface area contributed by atoms with Crippen LogP contribution in [0.1, 0.15) is 63.1 Å². The molecule has 2 atom stereocenters. The van der Waals surface area contributed by atoms with Crippen LogP contribution >= 0.6 is 11.3 Å². The molecule has 0 fully saturated rings. The molecule has 3 aromatic rings. The van der Waals surface area contributed by atoms with Crippen LogP contribution in [-0.4, -0.2) is 24.5 Å². The molecular formula is C27H26FNO5S. The zero-order chi connectivity index (χ0) is 24.9. The maximum absolute atomic E-state index is 14.2. The molecule has 1 aromatic heterocycles. The molecule has 0 unspecified atom stereocenters. The van der Waals surface area contributed by atoms with Crippen molar-refractivity contribution in [3.63, 3.8) is 0 Å². The van der Waals surface area contributed by atoms with Gasteiger partial charge in [-0.1, -0.05) is 49.4 Å². The zero-order valence-electron chi connectivity index (χ0n) is 19.5. The van der Waals surface area contributed by atoms with Crippen molar-refractivity contribution in [3.8, 4) is 0 Å². The summed E-state index contributed by atoms with van der Waals surface area (Å²) in [6.07, 6.45) is 1.13. The van der Waals surface area contributed by atoms with Crippen molar-refractivity contribution in [2.75, 3.05) is 11.9 Å². The van der Waals surface area contributed by atoms with Gasteiger partial charge in [0.05, 0.1) is 17.7 Å². The Hall–Kier alpha value is -3.52. The summed E-state index contributed by atoms with van der Waals surface area (Å²) in [5.41, 5.74) is 1.41. The molecule has 2 aromatic carbocycles. The number of esters is 2. The molecule has 1 amide bonds. The highest BCUT2D eigenvalue weighted by Crippen LogP contribution is 2.40. The lowest BCUT2D eigenvalue weighted by molar-refractivity contribution is -0.125. The molecule has 6 nitrogen and oxygen atoms in total. The molecule has 182 valence electrons. The lowest BCUT2D eigenvalue weighted by Crippen LogP contribution is -2.26. The number of halogens is 1. The minimum Gasteiger partial charge on any atom is -0.462 e. The number of hydrogen-bond acceptors (Lipinski definition) is 6. The summed E-state index contributed by atoms with van der Waals surface area (Å²) >= 11 is 1.35. The summed E-state index contributed by atoms with van der Waals surface area (Å²) in [4.78, 5) is 40.0. The van der Waals surface area contributed by atoms with Gasteiger partial charge in [0, 0.05) is 10.4 Å². The summed E-state index contributed by atoms with van der Waals surface area (Å²) in [7, 11) is 0. The van der Waals surface area contributed by atoms with E-state index in [2.05, 4.69) is 12.2 Å². The standard InChI is InChI=1S/C27H26FNO5S/c1-3-33-27(32)22-19-14-13-16(2)15-21(19)35-25(22)29-24(30)23(17-9-5-4-6-10-17)34-26(31)18-11-7-8-12-20(18)28/h4-12,16,23H,3,13-15H2,1-2H3,(H,29,30)/t16-,23+/m0/s1. The van der Waals surface area contributed by atoms with Crippen molar-refractivity contribution in [3.05, 3.63) is 87.5 Å². The van der Waals surface area contributed by atoms with Crippen LogP contribution in [-0.2, 0) is 27.1 Å². The van der Waals surface area contributed by atoms with Crippen LogP contribution in [0.3, 0.4) is 0 Å². The normalized spacial score (nSPS) is 15.6. The highest BCUT2D eigenvalue weighted by Gasteiger charge is 2.32. The third kappa shape index (κ3) is 5.43. The van der Waals surface area contributed by atoms with E-state index in [0.29, 0.717) is 22.0 Å². The minimum atomic E-state index is -1.35. The molecule has 35 heavy (non-hydrogen) atoms. The smallest absolute Gasteiger partial charge is 0.342 e. The van der Waals surface area contributed by atoms with Gasteiger partial charge in [0.15, 0.2) is 0 Å². The predicted octanol–water partition coefficient (Wildman–Crippen LogP) is 5.73. The van der Waals surface area contributed by atoms with Gasteiger partial charge in [0.25, 0.3) is 5.91 Å². The first-order chi connectivity index (χ1) is 16.9. The maximum Gasteiger partial charge on any atom is 0.342 e. The molecule has 1 N–H and O–H groups in total. The number of benzene rings is 2. The Labute approximate surface area is 207 Å². The number of amides is 1. The summed E-state index contributed by atoms with van der Waals surface area (Å²) < 4.78 is 24.9. The molecule has 0 saturated carbocycles. The number of carbonyl (C=O) groups excluding carboxylic acids is 3. The van der Waals surface area contributed by atoms with Crippen LogP contribution in [0.4, 0.5) is 9.39 Å². The first-order valence-electron chi connectivity index (χ1n) is 11.5. The van der Waals surface area contributed by atoms with Gasteiger partial charge >= 0.3 is 11.9 Å². The van der Waals surface area contributed by atoms with E-state index in [-0.39, 0.29) is 12.2 Å². The van der Waals surface area contributed by atoms with Crippen LogP contribution in [0.25, 0.3) is 0 Å². The van der Waals surface area contributed by atoms with Crippen LogP contribution < -0.4 is 5.32 Å².